The third-order valence-corrected chi connectivity index (χ3v) is 5.34. The molecule has 138 valence electrons. The molecule has 1 aliphatic carbocycles. The van der Waals surface area contributed by atoms with Crippen molar-refractivity contribution in [2.24, 2.45) is 0 Å². The van der Waals surface area contributed by atoms with Crippen molar-refractivity contribution >= 4 is 46.9 Å². The van der Waals surface area contributed by atoms with Crippen LogP contribution < -0.4 is 5.32 Å². The second-order valence-corrected chi connectivity index (χ2v) is 7.14. The molecule has 9 heteroatoms. The maximum absolute atomic E-state index is 12.4. The third-order valence-electron chi connectivity index (χ3n) is 4.60. The molecule has 1 heterocycles. The second-order valence-electron chi connectivity index (χ2n) is 6.32. The van der Waals surface area contributed by atoms with E-state index in [-0.39, 0.29) is 10.6 Å². The number of ether oxygens (including phenoxy) is 1. The first-order valence-electron chi connectivity index (χ1n) is 8.10. The lowest BCUT2D eigenvalue weighted by molar-refractivity contribution is -0.146. The molecule has 1 aromatic carbocycles. The maximum atomic E-state index is 12.4. The lowest BCUT2D eigenvalue weighted by atomic mass is 9.98. The Morgan fingerprint density at radius 3 is 2.50 bits per heavy atom. The van der Waals surface area contributed by atoms with Crippen LogP contribution >= 0.6 is 23.2 Å². The maximum Gasteiger partial charge on any atom is 0.326 e. The molecular weight excluding hydrogens is 383 g/mol. The van der Waals surface area contributed by atoms with Gasteiger partial charge < -0.3 is 10.1 Å². The predicted octanol–water partition coefficient (Wildman–Crippen LogP) is 2.58. The van der Waals surface area contributed by atoms with Crippen LogP contribution in [-0.4, -0.2) is 47.3 Å². The van der Waals surface area contributed by atoms with Crippen molar-refractivity contribution in [3.8, 4) is 0 Å². The van der Waals surface area contributed by atoms with Gasteiger partial charge in [0, 0.05) is 5.56 Å². The third kappa shape index (κ3) is 3.54. The molecule has 7 nitrogen and oxygen atoms in total. The first-order chi connectivity index (χ1) is 12.3. The molecule has 0 radical (unpaired) electrons. The highest BCUT2D eigenvalue weighted by atomic mass is 35.5. The summed E-state index contributed by atoms with van der Waals surface area (Å²) in [7, 11) is 0. The minimum absolute atomic E-state index is 0.213. The van der Waals surface area contributed by atoms with Crippen molar-refractivity contribution in [2.45, 2.75) is 31.2 Å². The number of Topliss-reactive ketones (excluding diaryl/α,β-unsaturated/α-hetero) is 1. The van der Waals surface area contributed by atoms with E-state index in [1.54, 1.807) is 0 Å². The number of halogens is 2. The molecule has 1 saturated carbocycles. The molecule has 1 spiro atoms. The smallest absolute Gasteiger partial charge is 0.326 e. The van der Waals surface area contributed by atoms with Gasteiger partial charge in [-0.15, -0.1) is 0 Å². The number of esters is 1. The van der Waals surface area contributed by atoms with E-state index in [4.69, 9.17) is 27.9 Å². The van der Waals surface area contributed by atoms with Gasteiger partial charge in [0.05, 0.1) is 10.0 Å². The highest BCUT2D eigenvalue weighted by molar-refractivity contribution is 6.42. The van der Waals surface area contributed by atoms with Crippen LogP contribution in [0.15, 0.2) is 18.2 Å². The van der Waals surface area contributed by atoms with E-state index >= 15 is 0 Å². The summed E-state index contributed by atoms with van der Waals surface area (Å²) in [6.45, 7) is -1.05. The van der Waals surface area contributed by atoms with Gasteiger partial charge in [0.2, 0.25) is 0 Å². The van der Waals surface area contributed by atoms with Gasteiger partial charge in [0.15, 0.2) is 12.4 Å². The van der Waals surface area contributed by atoms with Crippen molar-refractivity contribution in [3.63, 3.8) is 0 Å². The number of ketones is 1. The first-order valence-corrected chi connectivity index (χ1v) is 8.86. The topological polar surface area (TPSA) is 92.8 Å². The van der Waals surface area contributed by atoms with Crippen LogP contribution in [0.2, 0.25) is 10.0 Å². The standard InChI is InChI=1S/C17H16Cl2N2O5/c18-11-4-3-10(7-12(11)19)13(22)9-26-14(23)8-21-15(24)17(20-16(21)25)5-1-2-6-17/h3-4,7H,1-2,5-6,8-9H2,(H,20,25). The molecule has 2 aliphatic rings. The number of benzene rings is 1. The Labute approximate surface area is 159 Å². The van der Waals surface area contributed by atoms with Crippen molar-refractivity contribution in [3.05, 3.63) is 33.8 Å². The first kappa shape index (κ1) is 18.7. The molecule has 2 fully saturated rings. The fraction of sp³-hybridized carbons (Fsp3) is 0.412. The molecule has 1 saturated heterocycles. The number of urea groups is 1. The Kier molecular flexibility index (Phi) is 5.20. The van der Waals surface area contributed by atoms with E-state index < -0.39 is 42.4 Å². The van der Waals surface area contributed by atoms with E-state index in [2.05, 4.69) is 5.32 Å². The Morgan fingerprint density at radius 2 is 1.85 bits per heavy atom. The molecule has 1 aromatic rings. The monoisotopic (exact) mass is 398 g/mol. The van der Waals surface area contributed by atoms with E-state index in [1.165, 1.54) is 18.2 Å². The molecule has 0 atom stereocenters. The summed E-state index contributed by atoms with van der Waals surface area (Å²) in [6, 6.07) is 3.70. The minimum atomic E-state index is -0.882. The highest BCUT2D eigenvalue weighted by Crippen LogP contribution is 2.34. The molecule has 1 N–H and O–H groups in total. The number of nitrogens with zero attached hydrogens (tertiary/aromatic N) is 1. The fourth-order valence-corrected chi connectivity index (χ4v) is 3.51. The highest BCUT2D eigenvalue weighted by Gasteiger charge is 2.52. The van der Waals surface area contributed by atoms with E-state index in [9.17, 15) is 19.2 Å². The number of imide groups is 1. The summed E-state index contributed by atoms with van der Waals surface area (Å²) in [4.78, 5) is 49.3. The lowest BCUT2D eigenvalue weighted by Gasteiger charge is -2.19. The van der Waals surface area contributed by atoms with Crippen LogP contribution in [0, 0.1) is 0 Å². The molecule has 26 heavy (non-hydrogen) atoms. The predicted molar refractivity (Wildman–Crippen MR) is 93.2 cm³/mol. The van der Waals surface area contributed by atoms with Crippen molar-refractivity contribution in [1.82, 2.24) is 10.2 Å². The summed E-state index contributed by atoms with van der Waals surface area (Å²) < 4.78 is 4.90. The van der Waals surface area contributed by atoms with E-state index in [0.717, 1.165) is 17.7 Å². The molecule has 0 unspecified atom stereocenters. The van der Waals surface area contributed by atoms with Gasteiger partial charge in [-0.1, -0.05) is 36.0 Å². The van der Waals surface area contributed by atoms with Gasteiger partial charge in [0.25, 0.3) is 5.91 Å². The SMILES string of the molecule is O=C(CN1C(=O)NC2(CCCC2)C1=O)OCC(=O)c1ccc(Cl)c(Cl)c1. The normalized spacial score (nSPS) is 18.3. The quantitative estimate of drug-likeness (QED) is 0.467. The van der Waals surface area contributed by atoms with Crippen molar-refractivity contribution in [1.29, 1.82) is 0 Å². The summed E-state index contributed by atoms with van der Waals surface area (Å²) in [5.41, 5.74) is -0.639. The average Bonchev–Trinajstić information content (AvgIpc) is 3.16. The van der Waals surface area contributed by atoms with E-state index in [1.807, 2.05) is 0 Å². The summed E-state index contributed by atoms with van der Waals surface area (Å²) in [6.07, 6.45) is 2.84. The largest absolute Gasteiger partial charge is 0.456 e. The number of carbonyl (C=O) groups excluding carboxylic acids is 4. The Morgan fingerprint density at radius 1 is 1.15 bits per heavy atom. The van der Waals surface area contributed by atoms with E-state index in [0.29, 0.717) is 17.9 Å². The van der Waals surface area contributed by atoms with Gasteiger partial charge in [-0.25, -0.2) is 4.79 Å². The Balaban J connectivity index is 1.55. The van der Waals surface area contributed by atoms with Gasteiger partial charge >= 0.3 is 12.0 Å². The van der Waals surface area contributed by atoms with Gasteiger partial charge in [-0.3, -0.25) is 19.3 Å². The summed E-state index contributed by atoms with van der Waals surface area (Å²) in [5, 5.41) is 3.19. The van der Waals surface area contributed by atoms with Crippen molar-refractivity contribution in [2.75, 3.05) is 13.2 Å². The average molecular weight is 399 g/mol. The number of carbonyl (C=O) groups is 4. The molecular formula is C17H16Cl2N2O5. The van der Waals surface area contributed by atoms with Crippen LogP contribution in [-0.2, 0) is 14.3 Å². The van der Waals surface area contributed by atoms with Gasteiger partial charge in [-0.2, -0.15) is 0 Å². The zero-order valence-corrected chi connectivity index (χ0v) is 15.2. The Bertz CT molecular complexity index is 789. The summed E-state index contributed by atoms with van der Waals surface area (Å²) >= 11 is 11.6. The molecule has 0 bridgehead atoms. The minimum Gasteiger partial charge on any atom is -0.456 e. The lowest BCUT2D eigenvalue weighted by Crippen LogP contribution is -2.44. The zero-order chi connectivity index (χ0) is 18.9. The fourth-order valence-electron chi connectivity index (χ4n) is 3.21. The van der Waals surface area contributed by atoms with Crippen LogP contribution in [0.3, 0.4) is 0 Å². The molecule has 3 rings (SSSR count). The van der Waals surface area contributed by atoms with Crippen LogP contribution in [0.1, 0.15) is 36.0 Å². The van der Waals surface area contributed by atoms with Gasteiger partial charge in [-0.05, 0) is 31.0 Å². The number of nitrogens with one attached hydrogen (secondary N) is 1. The zero-order valence-electron chi connectivity index (χ0n) is 13.7. The molecule has 1 aliphatic heterocycles. The van der Waals surface area contributed by atoms with Crippen LogP contribution in [0.4, 0.5) is 4.79 Å². The number of rotatable bonds is 5. The number of hydrogen-bond acceptors (Lipinski definition) is 5. The Hall–Kier alpha value is -2.12. The van der Waals surface area contributed by atoms with Crippen LogP contribution in [0.5, 0.6) is 0 Å². The number of hydrogen-bond donors (Lipinski definition) is 1. The van der Waals surface area contributed by atoms with Crippen LogP contribution in [0.25, 0.3) is 0 Å². The molecule has 3 amide bonds. The number of amides is 3. The second kappa shape index (κ2) is 7.25. The molecule has 0 aromatic heterocycles. The van der Waals surface area contributed by atoms with Crippen molar-refractivity contribution < 1.29 is 23.9 Å². The van der Waals surface area contributed by atoms with Gasteiger partial charge in [0.1, 0.15) is 12.1 Å². The summed E-state index contributed by atoms with van der Waals surface area (Å²) in [5.74, 6) is -1.72.